The van der Waals surface area contributed by atoms with Gasteiger partial charge >= 0.3 is 47.6 Å². The zero-order chi connectivity index (χ0) is 21.5. The molecular weight excluding hydrogens is 381 g/mol. The van der Waals surface area contributed by atoms with E-state index < -0.39 is 43.9 Å². The van der Waals surface area contributed by atoms with Gasteiger partial charge in [-0.05, 0) is 0 Å². The molecule has 0 aliphatic carbocycles. The van der Waals surface area contributed by atoms with E-state index in [1.807, 2.05) is 0 Å². The molecule has 0 unspecified atom stereocenters. The fourth-order valence-corrected chi connectivity index (χ4v) is 0. The van der Waals surface area contributed by atoms with Crippen LogP contribution in [-0.2, 0) is 0 Å². The second-order valence-corrected chi connectivity index (χ2v) is 2.00. The normalized spacial score (nSPS) is 6.48. The van der Waals surface area contributed by atoms with Gasteiger partial charge in [-0.1, -0.05) is 0 Å². The van der Waals surface area contributed by atoms with Gasteiger partial charge < -0.3 is 90.4 Å². The van der Waals surface area contributed by atoms with E-state index >= 15 is 0 Å². The van der Waals surface area contributed by atoms with Crippen molar-refractivity contribution in [2.45, 2.75) is 0 Å². The Bertz CT molecular complexity index is 101. The van der Waals surface area contributed by atoms with E-state index in [2.05, 4.69) is 0 Å². The Hall–Kier alpha value is -0.114. The van der Waals surface area contributed by atoms with Crippen molar-refractivity contribution in [3.8, 4) is 0 Å². The maximum absolute atomic E-state index is 8.64. The molecule has 0 aliphatic heterocycles. The van der Waals surface area contributed by atoms with Crippen LogP contribution in [0.1, 0.15) is 0 Å². The van der Waals surface area contributed by atoms with Crippen molar-refractivity contribution in [3.63, 3.8) is 0 Å². The van der Waals surface area contributed by atoms with Crippen LogP contribution in [0.25, 0.3) is 0 Å². The second kappa shape index (κ2) is 39.1. The van der Waals surface area contributed by atoms with Gasteiger partial charge in [-0.25, -0.2) is 0 Å². The summed E-state index contributed by atoms with van der Waals surface area (Å²) in [5.41, 5.74) is 0. The maximum atomic E-state index is 8.64. The van der Waals surface area contributed by atoms with Crippen molar-refractivity contribution in [1.29, 1.82) is 0 Å². The van der Waals surface area contributed by atoms with Crippen LogP contribution in [0.4, 0.5) is 0 Å². The molecule has 144 valence electrons. The smallest absolute Gasteiger partial charge is 0.907 e. The molecule has 0 radical (unpaired) electrons. The van der Waals surface area contributed by atoms with Gasteiger partial charge in [0.1, 0.15) is 0 Å². The van der Waals surface area contributed by atoms with E-state index in [1.54, 1.807) is 0 Å². The van der Waals surface area contributed by atoms with E-state index in [0.29, 0.717) is 0 Å². The first-order valence-electron chi connectivity index (χ1n) is 4.56. The number of hydrogen-bond acceptors (Lipinski definition) is 18. The Morgan fingerprint density at radius 1 is 0.360 bits per heavy atom. The molecule has 0 rings (SSSR count). The van der Waals surface area contributed by atoms with Crippen LogP contribution in [0, 0.1) is 0 Å². The number of rotatable bonds is 0. The second-order valence-electron chi connectivity index (χ2n) is 2.00. The molecule has 0 amide bonds. The Morgan fingerprint density at radius 3 is 0.360 bits per heavy atom. The van der Waals surface area contributed by atoms with Crippen LogP contribution in [0.2, 0.25) is 0 Å². The van der Waals surface area contributed by atoms with Gasteiger partial charge in [-0.2, -0.15) is 0 Å². The summed E-state index contributed by atoms with van der Waals surface area (Å²) in [4.78, 5) is 0. The van der Waals surface area contributed by atoms with Crippen molar-refractivity contribution in [2.24, 2.45) is 0 Å². The van der Waals surface area contributed by atoms with E-state index in [0.717, 1.165) is 0 Å². The molecule has 0 aromatic rings. The summed E-state index contributed by atoms with van der Waals surface area (Å²) in [6.45, 7) is 0. The van der Waals surface area contributed by atoms with Gasteiger partial charge in [0.25, 0.3) is 0 Å². The first kappa shape index (κ1) is 44.4. The molecule has 0 spiro atoms. The Morgan fingerprint density at radius 2 is 0.360 bits per heavy atom. The van der Waals surface area contributed by atoms with Crippen LogP contribution >= 0.6 is 0 Å². The summed E-state index contributed by atoms with van der Waals surface area (Å²) in [6.07, 6.45) is 0. The molecule has 0 aromatic heterocycles. The topological polar surface area (TPSA) is 375 Å². The van der Waals surface area contributed by atoms with E-state index in [4.69, 9.17) is 90.4 Å². The average Bonchev–Trinajstić information content (AvgIpc) is 2.08. The Balaban J connectivity index is -0.0000000309. The first-order chi connectivity index (χ1) is 10.4. The first-order valence-corrected chi connectivity index (χ1v) is 4.56. The molecule has 25 heavy (non-hydrogen) atoms. The predicted octanol–water partition coefficient (Wildman–Crippen LogP) is -15.2. The van der Waals surface area contributed by atoms with Gasteiger partial charge in [0.05, 0.1) is 0 Å². The van der Waals surface area contributed by atoms with Crippen molar-refractivity contribution in [3.05, 3.63) is 0 Å². The summed E-state index contributed by atoms with van der Waals surface area (Å²) in [5.74, 6) is 0. The summed E-state index contributed by atoms with van der Waals surface area (Å²) >= 11 is 0. The van der Waals surface area contributed by atoms with Crippen LogP contribution in [0.5, 0.6) is 0 Å². The molecule has 0 saturated heterocycles. The summed E-state index contributed by atoms with van der Waals surface area (Å²) < 4.78 is 0. The zero-order valence-electron chi connectivity index (χ0n) is 11.9. The van der Waals surface area contributed by atoms with Crippen LogP contribution in [-0.4, -0.2) is 125 Å². The third kappa shape index (κ3) is 888000. The minimum absolute atomic E-state index is 0. The third-order valence-corrected chi connectivity index (χ3v) is 0. The zero-order valence-corrected chi connectivity index (χ0v) is 12.9. The minimum atomic E-state index is -2.92. The van der Waals surface area contributed by atoms with Gasteiger partial charge in [-0.3, -0.25) is 7.32 Å². The van der Waals surface area contributed by atoms with Crippen LogP contribution < -0.4 is 20.1 Å². The van der Waals surface area contributed by atoms with Crippen molar-refractivity contribution >= 4 is 54.9 Å². The largest absolute Gasteiger partial charge is 4.00 e. The quantitative estimate of drug-likeness (QED) is 0.169. The molecule has 0 aliphatic rings. The maximum Gasteiger partial charge on any atom is 4.00 e. The summed E-state index contributed by atoms with van der Waals surface area (Å²) in [6, 6.07) is 0. The van der Waals surface area contributed by atoms with Crippen molar-refractivity contribution in [1.82, 2.24) is 0 Å². The van der Waals surface area contributed by atoms with Gasteiger partial charge in [0.2, 0.25) is 0 Å². The standard InChI is InChI=1S/4BH3O3.BH2O3.BO3.Si/c6*2-1(3)4;/h4*2-4H;2-3H;;/q;;;;-1;-3;+4. The SMILES string of the molecule is OB(O)O.OB(O)O.OB(O)O.OB(O)O.[O-]B(O)O.[O-]B([O-])[O-].[Si+4]. The van der Waals surface area contributed by atoms with Gasteiger partial charge in [0.15, 0.2) is 0 Å². The predicted molar refractivity (Wildman–Crippen MR) is 71.3 cm³/mol. The fourth-order valence-electron chi connectivity index (χ4n) is 0. The molecule has 0 atom stereocenters. The monoisotopic (exact) mass is 396 g/mol. The fraction of sp³-hybridized carbons (Fsp3) is 0. The van der Waals surface area contributed by atoms with E-state index in [-0.39, 0.29) is 11.0 Å². The summed E-state index contributed by atoms with van der Waals surface area (Å²) in [5, 5.41) is 134. The Labute approximate surface area is 146 Å². The van der Waals surface area contributed by atoms with Gasteiger partial charge in [-0.15, -0.1) is 0 Å². The molecule has 18 nitrogen and oxygen atoms in total. The number of hydrogen-bond donors (Lipinski definition) is 14. The molecule has 0 saturated carbocycles. The van der Waals surface area contributed by atoms with Crippen LogP contribution in [0.3, 0.4) is 0 Å². The van der Waals surface area contributed by atoms with Gasteiger partial charge in [0, 0.05) is 0 Å². The molecular formula is H14B6O18Si. The average molecular weight is 395 g/mol. The third-order valence-electron chi connectivity index (χ3n) is 0. The molecule has 25 heteroatoms. The van der Waals surface area contributed by atoms with Crippen LogP contribution in [0.15, 0.2) is 0 Å². The molecule has 0 aromatic carbocycles. The van der Waals surface area contributed by atoms with Crippen molar-refractivity contribution in [2.75, 3.05) is 0 Å². The minimum Gasteiger partial charge on any atom is -0.907 e. The molecule has 0 heterocycles. The molecule has 14 N–H and O–H groups in total. The van der Waals surface area contributed by atoms with E-state index in [1.165, 1.54) is 0 Å². The van der Waals surface area contributed by atoms with Crippen molar-refractivity contribution < 1.29 is 90.4 Å². The Kier molecular flexibility index (Phi) is 69.4. The van der Waals surface area contributed by atoms with E-state index in [9.17, 15) is 0 Å². The molecule has 0 bridgehead atoms. The summed E-state index contributed by atoms with van der Waals surface area (Å²) in [7, 11) is -14.0. The molecule has 0 fully saturated rings.